The Kier molecular flexibility index (Phi) is 6.35. The van der Waals surface area contributed by atoms with Gasteiger partial charge in [-0.25, -0.2) is 19.9 Å². The van der Waals surface area contributed by atoms with Crippen LogP contribution in [0.5, 0.6) is 0 Å². The number of hydrogen-bond acceptors (Lipinski definition) is 6. The average molecular weight is 604 g/mol. The zero-order chi connectivity index (χ0) is 31.2. The van der Waals surface area contributed by atoms with Gasteiger partial charge < -0.3 is 4.42 Å². The number of hydrogen-bond donors (Lipinski definition) is 0. The summed E-state index contributed by atoms with van der Waals surface area (Å²) in [4.78, 5) is 24.4. The van der Waals surface area contributed by atoms with Crippen molar-refractivity contribution < 1.29 is 4.42 Å². The molecule has 5 aromatic carbocycles. The molecule has 6 nitrogen and oxygen atoms in total. The van der Waals surface area contributed by atoms with Crippen molar-refractivity contribution in [1.82, 2.24) is 24.9 Å². The maximum Gasteiger partial charge on any atom is 0.164 e. The van der Waals surface area contributed by atoms with Gasteiger partial charge >= 0.3 is 0 Å². The summed E-state index contributed by atoms with van der Waals surface area (Å²) in [6, 6.07) is 48.8. The predicted molar refractivity (Wildman–Crippen MR) is 187 cm³/mol. The summed E-state index contributed by atoms with van der Waals surface area (Å²) in [5.41, 5.74) is 9.11. The molecule has 0 bridgehead atoms. The predicted octanol–water partition coefficient (Wildman–Crippen LogP) is 10.0. The highest BCUT2D eigenvalue weighted by molar-refractivity contribution is 6.11. The summed E-state index contributed by atoms with van der Waals surface area (Å²) in [5, 5.41) is 3.05. The molecule has 6 heteroatoms. The molecule has 0 unspecified atom stereocenters. The maximum absolute atomic E-state index is 6.09. The van der Waals surface area contributed by atoms with Crippen molar-refractivity contribution in [3.63, 3.8) is 0 Å². The number of para-hydroxylation sites is 1. The van der Waals surface area contributed by atoms with E-state index < -0.39 is 0 Å². The summed E-state index contributed by atoms with van der Waals surface area (Å²) < 4.78 is 6.09. The summed E-state index contributed by atoms with van der Waals surface area (Å²) in [5.74, 6) is 1.90. The SMILES string of the molecule is c1ccc(-c2nc(-c3ccccc3)nc(-c3cccc(-c4ccc5nc(-c6nccc7oc8ccccc8c67)ccc5c4)c3)n2)cc1. The Morgan fingerprint density at radius 3 is 1.83 bits per heavy atom. The van der Waals surface area contributed by atoms with Crippen molar-refractivity contribution in [2.24, 2.45) is 0 Å². The van der Waals surface area contributed by atoms with Gasteiger partial charge in [0.1, 0.15) is 16.9 Å². The van der Waals surface area contributed by atoms with Gasteiger partial charge in [-0.05, 0) is 47.5 Å². The molecule has 4 heterocycles. The van der Waals surface area contributed by atoms with Crippen molar-refractivity contribution in [2.75, 3.05) is 0 Å². The largest absolute Gasteiger partial charge is 0.456 e. The Morgan fingerprint density at radius 2 is 1.06 bits per heavy atom. The monoisotopic (exact) mass is 603 g/mol. The van der Waals surface area contributed by atoms with Crippen LogP contribution in [0.25, 0.3) is 89.5 Å². The number of fused-ring (bicyclic) bond motifs is 4. The smallest absolute Gasteiger partial charge is 0.164 e. The molecule has 0 aliphatic carbocycles. The van der Waals surface area contributed by atoms with Crippen LogP contribution in [0.4, 0.5) is 0 Å². The lowest BCUT2D eigenvalue weighted by Crippen LogP contribution is -2.00. The topological polar surface area (TPSA) is 77.6 Å². The molecule has 0 aliphatic heterocycles. The second-order valence-corrected chi connectivity index (χ2v) is 11.4. The van der Waals surface area contributed by atoms with Crippen LogP contribution in [0.3, 0.4) is 0 Å². The van der Waals surface area contributed by atoms with Crippen LogP contribution in [-0.4, -0.2) is 24.9 Å². The van der Waals surface area contributed by atoms with Gasteiger partial charge in [-0.2, -0.15) is 0 Å². The Balaban J connectivity index is 1.10. The van der Waals surface area contributed by atoms with Crippen molar-refractivity contribution in [2.45, 2.75) is 0 Å². The summed E-state index contributed by atoms with van der Waals surface area (Å²) in [6.07, 6.45) is 1.78. The van der Waals surface area contributed by atoms with Gasteiger partial charge in [-0.15, -0.1) is 0 Å². The zero-order valence-corrected chi connectivity index (χ0v) is 25.1. The summed E-state index contributed by atoms with van der Waals surface area (Å²) in [6.45, 7) is 0. The zero-order valence-electron chi connectivity index (χ0n) is 25.1. The van der Waals surface area contributed by atoms with Crippen molar-refractivity contribution >= 4 is 32.8 Å². The van der Waals surface area contributed by atoms with E-state index in [1.165, 1.54) is 0 Å². The first kappa shape index (κ1) is 26.8. The highest BCUT2D eigenvalue weighted by Gasteiger charge is 2.16. The minimum absolute atomic E-state index is 0.625. The minimum Gasteiger partial charge on any atom is -0.456 e. The highest BCUT2D eigenvalue weighted by Crippen LogP contribution is 2.36. The van der Waals surface area contributed by atoms with E-state index in [0.717, 1.165) is 72.0 Å². The van der Waals surface area contributed by atoms with Crippen LogP contribution >= 0.6 is 0 Å². The van der Waals surface area contributed by atoms with Gasteiger partial charge in [0.15, 0.2) is 17.5 Å². The fourth-order valence-electron chi connectivity index (χ4n) is 6.08. The molecule has 0 fully saturated rings. The fourth-order valence-corrected chi connectivity index (χ4v) is 6.08. The Morgan fingerprint density at radius 1 is 0.426 bits per heavy atom. The molecule has 47 heavy (non-hydrogen) atoms. The van der Waals surface area contributed by atoms with Gasteiger partial charge in [0.2, 0.25) is 0 Å². The Labute approximate surface area is 270 Å². The number of pyridine rings is 2. The highest BCUT2D eigenvalue weighted by atomic mass is 16.3. The van der Waals surface area contributed by atoms with E-state index >= 15 is 0 Å². The average Bonchev–Trinajstić information content (AvgIpc) is 3.54. The van der Waals surface area contributed by atoms with E-state index in [1.54, 1.807) is 6.20 Å². The van der Waals surface area contributed by atoms with Gasteiger partial charge in [0.05, 0.1) is 16.6 Å². The molecule has 0 spiro atoms. The molecule has 0 radical (unpaired) electrons. The van der Waals surface area contributed by atoms with E-state index in [4.69, 9.17) is 29.3 Å². The molecular formula is C41H25N5O. The van der Waals surface area contributed by atoms with Crippen LogP contribution in [-0.2, 0) is 0 Å². The number of benzene rings is 5. The first-order valence-corrected chi connectivity index (χ1v) is 15.4. The van der Waals surface area contributed by atoms with Gasteiger partial charge in [0.25, 0.3) is 0 Å². The van der Waals surface area contributed by atoms with Crippen LogP contribution < -0.4 is 0 Å². The number of nitrogens with zero attached hydrogens (tertiary/aromatic N) is 5. The van der Waals surface area contributed by atoms with E-state index in [-0.39, 0.29) is 0 Å². The van der Waals surface area contributed by atoms with Crippen LogP contribution in [0.15, 0.2) is 156 Å². The first-order chi connectivity index (χ1) is 23.3. The lowest BCUT2D eigenvalue weighted by Gasteiger charge is -2.10. The Hall–Kier alpha value is -6.53. The van der Waals surface area contributed by atoms with Crippen molar-refractivity contribution in [3.8, 4) is 56.7 Å². The minimum atomic E-state index is 0.625. The molecule has 9 aromatic rings. The molecule has 0 N–H and O–H groups in total. The number of aromatic nitrogens is 5. The van der Waals surface area contributed by atoms with E-state index in [0.29, 0.717) is 17.5 Å². The summed E-state index contributed by atoms with van der Waals surface area (Å²) >= 11 is 0. The molecule has 0 amide bonds. The molecular weight excluding hydrogens is 578 g/mol. The fraction of sp³-hybridized carbons (Fsp3) is 0. The van der Waals surface area contributed by atoms with Crippen molar-refractivity contribution in [3.05, 3.63) is 152 Å². The van der Waals surface area contributed by atoms with Crippen molar-refractivity contribution in [1.29, 1.82) is 0 Å². The molecule has 0 saturated carbocycles. The summed E-state index contributed by atoms with van der Waals surface area (Å²) in [7, 11) is 0. The maximum atomic E-state index is 6.09. The molecule has 220 valence electrons. The third-order valence-electron chi connectivity index (χ3n) is 8.37. The third kappa shape index (κ3) is 4.89. The molecule has 4 aromatic heterocycles. The van der Waals surface area contributed by atoms with E-state index in [2.05, 4.69) is 42.5 Å². The quantitative estimate of drug-likeness (QED) is 0.195. The Bertz CT molecular complexity index is 2520. The first-order valence-electron chi connectivity index (χ1n) is 15.4. The molecule has 0 atom stereocenters. The van der Waals surface area contributed by atoms with E-state index in [1.807, 2.05) is 103 Å². The number of furan rings is 1. The third-order valence-corrected chi connectivity index (χ3v) is 8.37. The van der Waals surface area contributed by atoms with Crippen LogP contribution in [0.1, 0.15) is 0 Å². The van der Waals surface area contributed by atoms with E-state index in [9.17, 15) is 0 Å². The van der Waals surface area contributed by atoms with Gasteiger partial charge in [-0.1, -0.05) is 109 Å². The second kappa shape index (κ2) is 11.1. The number of rotatable bonds is 5. The van der Waals surface area contributed by atoms with Gasteiger partial charge in [-0.3, -0.25) is 4.98 Å². The molecule has 9 rings (SSSR count). The lowest BCUT2D eigenvalue weighted by atomic mass is 10.0. The molecule has 0 saturated heterocycles. The normalized spacial score (nSPS) is 11.4. The van der Waals surface area contributed by atoms with Crippen LogP contribution in [0, 0.1) is 0 Å². The molecule has 0 aliphatic rings. The van der Waals surface area contributed by atoms with Gasteiger partial charge in [0, 0.05) is 33.7 Å². The second-order valence-electron chi connectivity index (χ2n) is 11.4. The lowest BCUT2D eigenvalue weighted by molar-refractivity contribution is 0.668. The standard InChI is InChI=1S/C41H25N5O/c1-3-10-26(11-4-1)39-44-40(27-12-5-2-6-13-27)46-41(45-39)31-15-9-14-28(25-31)29-18-20-33-30(24-29)19-21-34(43-33)38-37-32-16-7-8-17-35(32)47-36(37)22-23-42-38/h1-25H. The van der Waals surface area contributed by atoms with Crippen LogP contribution in [0.2, 0.25) is 0 Å².